The Bertz CT molecular complexity index is 568. The van der Waals surface area contributed by atoms with Gasteiger partial charge in [-0.15, -0.1) is 0 Å². The van der Waals surface area contributed by atoms with E-state index >= 15 is 0 Å². The van der Waals surface area contributed by atoms with E-state index in [1.165, 1.54) is 0 Å². The lowest BCUT2D eigenvalue weighted by Crippen LogP contribution is -2.10. The van der Waals surface area contributed by atoms with Crippen LogP contribution in [-0.4, -0.2) is 37.7 Å². The fourth-order valence-electron chi connectivity index (χ4n) is 1.90. The number of anilines is 1. The molecule has 0 fully saturated rings. The second-order valence-electron chi connectivity index (χ2n) is 4.57. The highest BCUT2D eigenvalue weighted by Crippen LogP contribution is 2.17. The highest BCUT2D eigenvalue weighted by atomic mass is 16.5. The smallest absolute Gasteiger partial charge is 0.321 e. The molecule has 0 amide bonds. The van der Waals surface area contributed by atoms with Gasteiger partial charge in [-0.2, -0.15) is 15.0 Å². The summed E-state index contributed by atoms with van der Waals surface area (Å²) in [6, 6.07) is 0.326. The molecule has 1 N–H and O–H groups in total. The molecule has 0 saturated heterocycles. The minimum Gasteiger partial charge on any atom is -0.464 e. The van der Waals surface area contributed by atoms with Crippen LogP contribution < -0.4 is 10.1 Å². The number of imidazole rings is 1. The van der Waals surface area contributed by atoms with Crippen molar-refractivity contribution in [1.82, 2.24) is 24.5 Å². The van der Waals surface area contributed by atoms with E-state index in [0.29, 0.717) is 24.4 Å². The molecule has 0 radical (unpaired) electrons. The summed E-state index contributed by atoms with van der Waals surface area (Å²) in [4.78, 5) is 17.4. The fourth-order valence-corrected chi connectivity index (χ4v) is 1.90. The van der Waals surface area contributed by atoms with Gasteiger partial charge in [0, 0.05) is 25.5 Å². The first-order valence-electron chi connectivity index (χ1n) is 7.42. The lowest BCUT2D eigenvalue weighted by atomic mass is 10.4. The summed E-state index contributed by atoms with van der Waals surface area (Å²) >= 11 is 0. The summed E-state index contributed by atoms with van der Waals surface area (Å²) in [6.45, 7) is 8.31. The quantitative estimate of drug-likeness (QED) is 0.804. The molecule has 2 aromatic rings. The molecule has 7 nitrogen and oxygen atoms in total. The molecule has 0 spiro atoms. The zero-order valence-corrected chi connectivity index (χ0v) is 12.8. The van der Waals surface area contributed by atoms with Gasteiger partial charge in [0.15, 0.2) is 5.82 Å². The number of hydrogen-bond donors (Lipinski definition) is 1. The third kappa shape index (κ3) is 3.90. The van der Waals surface area contributed by atoms with Crippen LogP contribution in [0, 0.1) is 0 Å². The van der Waals surface area contributed by atoms with Gasteiger partial charge in [-0.25, -0.2) is 4.98 Å². The van der Waals surface area contributed by atoms with Crippen molar-refractivity contribution in [3.63, 3.8) is 0 Å². The Morgan fingerprint density at radius 3 is 2.71 bits per heavy atom. The van der Waals surface area contributed by atoms with Crippen LogP contribution in [0.1, 0.15) is 33.6 Å². The average Bonchev–Trinajstić information content (AvgIpc) is 2.94. The minimum atomic E-state index is 0.326. The number of ether oxygens (including phenoxy) is 1. The van der Waals surface area contributed by atoms with Gasteiger partial charge in [0.05, 0.1) is 6.61 Å². The number of aromatic nitrogens is 5. The van der Waals surface area contributed by atoms with Crippen LogP contribution in [0.4, 0.5) is 5.95 Å². The van der Waals surface area contributed by atoms with Crippen molar-refractivity contribution < 1.29 is 4.74 Å². The van der Waals surface area contributed by atoms with Crippen LogP contribution in [0.15, 0.2) is 12.4 Å². The van der Waals surface area contributed by atoms with Gasteiger partial charge in [0.2, 0.25) is 11.8 Å². The first-order chi connectivity index (χ1) is 10.3. The maximum absolute atomic E-state index is 5.43. The van der Waals surface area contributed by atoms with Crippen LogP contribution >= 0.6 is 0 Å². The van der Waals surface area contributed by atoms with Crippen molar-refractivity contribution in [3.8, 4) is 17.7 Å². The molecule has 2 aromatic heterocycles. The Kier molecular flexibility index (Phi) is 5.48. The molecule has 0 unspecified atom stereocenters. The zero-order valence-electron chi connectivity index (χ0n) is 12.8. The molecule has 2 heterocycles. The van der Waals surface area contributed by atoms with Crippen molar-refractivity contribution >= 4 is 5.95 Å². The molecule has 0 aliphatic carbocycles. The number of aryl methyl sites for hydroxylation is 1. The van der Waals surface area contributed by atoms with E-state index in [9.17, 15) is 0 Å². The molecule has 21 heavy (non-hydrogen) atoms. The van der Waals surface area contributed by atoms with Crippen LogP contribution in [0.5, 0.6) is 6.01 Å². The van der Waals surface area contributed by atoms with Crippen LogP contribution in [-0.2, 0) is 6.54 Å². The molecule has 0 aliphatic heterocycles. The maximum atomic E-state index is 5.43. The van der Waals surface area contributed by atoms with Gasteiger partial charge in [-0.1, -0.05) is 13.8 Å². The Morgan fingerprint density at radius 2 is 2.00 bits per heavy atom. The van der Waals surface area contributed by atoms with Gasteiger partial charge in [0.25, 0.3) is 0 Å². The van der Waals surface area contributed by atoms with E-state index in [0.717, 1.165) is 31.8 Å². The minimum absolute atomic E-state index is 0.326. The topological polar surface area (TPSA) is 77.8 Å². The second-order valence-corrected chi connectivity index (χ2v) is 4.57. The second kappa shape index (κ2) is 7.56. The van der Waals surface area contributed by atoms with Crippen molar-refractivity contribution in [2.75, 3.05) is 18.5 Å². The Balaban J connectivity index is 2.36. The van der Waals surface area contributed by atoms with E-state index in [1.807, 2.05) is 17.7 Å². The SMILES string of the molecule is CCCNc1nc(OCC)nc(-c2nccn2CCC)n1. The highest BCUT2D eigenvalue weighted by molar-refractivity contribution is 5.47. The molecule has 0 bridgehead atoms. The van der Waals surface area contributed by atoms with E-state index in [4.69, 9.17) is 4.74 Å². The van der Waals surface area contributed by atoms with Crippen molar-refractivity contribution in [2.45, 2.75) is 40.2 Å². The molecule has 2 rings (SSSR count). The Morgan fingerprint density at radius 1 is 1.14 bits per heavy atom. The average molecular weight is 290 g/mol. The van der Waals surface area contributed by atoms with Crippen LogP contribution in [0.25, 0.3) is 11.6 Å². The summed E-state index contributed by atoms with van der Waals surface area (Å²) in [5.74, 6) is 1.79. The number of nitrogens with one attached hydrogen (secondary N) is 1. The monoisotopic (exact) mass is 290 g/mol. The van der Waals surface area contributed by atoms with Gasteiger partial charge < -0.3 is 14.6 Å². The summed E-state index contributed by atoms with van der Waals surface area (Å²) in [6.07, 6.45) is 5.71. The van der Waals surface area contributed by atoms with Gasteiger partial charge in [-0.3, -0.25) is 0 Å². The summed E-state index contributed by atoms with van der Waals surface area (Å²) < 4.78 is 7.46. The lowest BCUT2D eigenvalue weighted by molar-refractivity contribution is 0.312. The van der Waals surface area contributed by atoms with Gasteiger partial charge in [0.1, 0.15) is 0 Å². The van der Waals surface area contributed by atoms with E-state index in [2.05, 4.69) is 39.1 Å². The van der Waals surface area contributed by atoms with E-state index in [-0.39, 0.29) is 0 Å². The van der Waals surface area contributed by atoms with Gasteiger partial charge in [-0.05, 0) is 19.8 Å². The van der Waals surface area contributed by atoms with E-state index in [1.54, 1.807) is 6.20 Å². The first-order valence-corrected chi connectivity index (χ1v) is 7.42. The predicted molar refractivity (Wildman–Crippen MR) is 81.3 cm³/mol. The Labute approximate surface area is 124 Å². The predicted octanol–water partition coefficient (Wildman–Crippen LogP) is 2.37. The molecular weight excluding hydrogens is 268 g/mol. The highest BCUT2D eigenvalue weighted by Gasteiger charge is 2.13. The molecule has 0 aliphatic rings. The Hall–Kier alpha value is -2.18. The summed E-state index contributed by atoms with van der Waals surface area (Å²) in [7, 11) is 0. The number of hydrogen-bond acceptors (Lipinski definition) is 6. The third-order valence-electron chi connectivity index (χ3n) is 2.80. The maximum Gasteiger partial charge on any atom is 0.321 e. The molecule has 0 saturated carbocycles. The fraction of sp³-hybridized carbons (Fsp3) is 0.571. The lowest BCUT2D eigenvalue weighted by Gasteiger charge is -2.09. The normalized spacial score (nSPS) is 10.6. The largest absolute Gasteiger partial charge is 0.464 e. The molecular formula is C14H22N6O. The molecule has 7 heteroatoms. The van der Waals surface area contributed by atoms with Crippen molar-refractivity contribution in [2.24, 2.45) is 0 Å². The van der Waals surface area contributed by atoms with Crippen LogP contribution in [0.2, 0.25) is 0 Å². The first kappa shape index (κ1) is 15.2. The third-order valence-corrected chi connectivity index (χ3v) is 2.80. The number of nitrogens with zero attached hydrogens (tertiary/aromatic N) is 5. The number of rotatable bonds is 8. The molecule has 0 atom stereocenters. The zero-order chi connectivity index (χ0) is 15.1. The van der Waals surface area contributed by atoms with Crippen molar-refractivity contribution in [3.05, 3.63) is 12.4 Å². The standard InChI is InChI=1S/C14H22N6O/c1-4-7-16-13-17-11(18-14(19-13)21-6-3)12-15-8-10-20(12)9-5-2/h8,10H,4-7,9H2,1-3H3,(H,16,17,18,19). The van der Waals surface area contributed by atoms with Crippen molar-refractivity contribution in [1.29, 1.82) is 0 Å². The molecule has 114 valence electrons. The van der Waals surface area contributed by atoms with Gasteiger partial charge >= 0.3 is 6.01 Å². The molecule has 0 aromatic carbocycles. The van der Waals surface area contributed by atoms with E-state index < -0.39 is 0 Å². The van der Waals surface area contributed by atoms with Crippen LogP contribution in [0.3, 0.4) is 0 Å². The summed E-state index contributed by atoms with van der Waals surface area (Å²) in [5, 5.41) is 3.17. The summed E-state index contributed by atoms with van der Waals surface area (Å²) in [5.41, 5.74) is 0.